The summed E-state index contributed by atoms with van der Waals surface area (Å²) in [5.41, 5.74) is 1.88. The second-order valence-corrected chi connectivity index (χ2v) is 6.37. The first-order valence-corrected chi connectivity index (χ1v) is 8.85. The predicted molar refractivity (Wildman–Crippen MR) is 101 cm³/mol. The molecule has 0 aliphatic heterocycles. The highest BCUT2D eigenvalue weighted by Gasteiger charge is 2.10. The van der Waals surface area contributed by atoms with E-state index in [1.165, 1.54) is 0 Å². The molecule has 0 saturated heterocycles. The van der Waals surface area contributed by atoms with E-state index in [4.69, 9.17) is 0 Å². The Labute approximate surface area is 150 Å². The third kappa shape index (κ3) is 5.49. The monoisotopic (exact) mass is 388 g/mol. The summed E-state index contributed by atoms with van der Waals surface area (Å²) in [5, 5.41) is 5.71. The molecule has 0 aliphatic carbocycles. The molecule has 2 amide bonds. The van der Waals surface area contributed by atoms with E-state index in [-0.39, 0.29) is 11.8 Å². The first-order chi connectivity index (χ1) is 11.6. The summed E-state index contributed by atoms with van der Waals surface area (Å²) in [6, 6.07) is 14.4. The van der Waals surface area contributed by atoms with Gasteiger partial charge in [0.1, 0.15) is 0 Å². The third-order valence-electron chi connectivity index (χ3n) is 3.53. The molecule has 2 aromatic rings. The summed E-state index contributed by atoms with van der Waals surface area (Å²) in [6.45, 7) is 2.11. The molecule has 0 aromatic heterocycles. The van der Waals surface area contributed by atoms with Crippen LogP contribution in [0.5, 0.6) is 0 Å². The normalized spacial score (nSPS) is 10.2. The highest BCUT2D eigenvalue weighted by molar-refractivity contribution is 9.10. The van der Waals surface area contributed by atoms with Crippen LogP contribution in [-0.2, 0) is 4.79 Å². The first-order valence-electron chi connectivity index (χ1n) is 8.06. The van der Waals surface area contributed by atoms with Crippen LogP contribution in [0, 0.1) is 0 Å². The number of nitrogens with one attached hydrogen (secondary N) is 2. The summed E-state index contributed by atoms with van der Waals surface area (Å²) in [4.78, 5) is 24.2. The Morgan fingerprint density at radius 3 is 2.38 bits per heavy atom. The van der Waals surface area contributed by atoms with Gasteiger partial charge in [-0.2, -0.15) is 0 Å². The highest BCUT2D eigenvalue weighted by atomic mass is 79.9. The van der Waals surface area contributed by atoms with Crippen LogP contribution in [0.2, 0.25) is 0 Å². The fraction of sp³-hybridized carbons (Fsp3) is 0.263. The SMILES string of the molecule is CCCCCC(=O)Nc1cccc(NC(=O)c2ccccc2Br)c1. The maximum atomic E-state index is 12.3. The van der Waals surface area contributed by atoms with Crippen molar-refractivity contribution in [3.05, 3.63) is 58.6 Å². The molecule has 0 bridgehead atoms. The Kier molecular flexibility index (Phi) is 7.00. The number of unbranched alkanes of at least 4 members (excludes halogenated alkanes) is 2. The molecule has 2 rings (SSSR count). The van der Waals surface area contributed by atoms with Gasteiger partial charge in [0.25, 0.3) is 5.91 Å². The van der Waals surface area contributed by atoms with Crippen LogP contribution >= 0.6 is 15.9 Å². The topological polar surface area (TPSA) is 58.2 Å². The van der Waals surface area contributed by atoms with Crippen molar-refractivity contribution in [3.63, 3.8) is 0 Å². The fourth-order valence-electron chi connectivity index (χ4n) is 2.28. The van der Waals surface area contributed by atoms with E-state index in [2.05, 4.69) is 33.5 Å². The van der Waals surface area contributed by atoms with Crippen molar-refractivity contribution in [2.75, 3.05) is 10.6 Å². The standard InChI is InChI=1S/C19H21BrN2O2/c1-2-3-4-12-18(23)21-14-8-7-9-15(13-14)22-19(24)16-10-5-6-11-17(16)20/h5-11,13H,2-4,12H2,1H3,(H,21,23)(H,22,24). The van der Waals surface area contributed by atoms with Crippen molar-refractivity contribution in [2.45, 2.75) is 32.6 Å². The van der Waals surface area contributed by atoms with Crippen LogP contribution in [0.1, 0.15) is 43.0 Å². The number of halogens is 1. The summed E-state index contributed by atoms with van der Waals surface area (Å²) in [5.74, 6) is -0.202. The lowest BCUT2D eigenvalue weighted by Crippen LogP contribution is -2.14. The minimum Gasteiger partial charge on any atom is -0.326 e. The van der Waals surface area contributed by atoms with Crippen molar-refractivity contribution in [1.82, 2.24) is 0 Å². The van der Waals surface area contributed by atoms with E-state index in [9.17, 15) is 9.59 Å². The number of carbonyl (C=O) groups is 2. The lowest BCUT2D eigenvalue weighted by atomic mass is 10.2. The van der Waals surface area contributed by atoms with E-state index >= 15 is 0 Å². The van der Waals surface area contributed by atoms with Gasteiger partial charge in [0.15, 0.2) is 0 Å². The highest BCUT2D eigenvalue weighted by Crippen LogP contribution is 2.20. The molecule has 5 heteroatoms. The first kappa shape index (κ1) is 18.2. The van der Waals surface area contributed by atoms with Crippen molar-refractivity contribution >= 4 is 39.1 Å². The maximum Gasteiger partial charge on any atom is 0.256 e. The number of hydrogen-bond donors (Lipinski definition) is 2. The van der Waals surface area contributed by atoms with Crippen LogP contribution in [0.3, 0.4) is 0 Å². The molecule has 0 saturated carbocycles. The quantitative estimate of drug-likeness (QED) is 0.638. The van der Waals surface area contributed by atoms with Gasteiger partial charge < -0.3 is 10.6 Å². The second-order valence-electron chi connectivity index (χ2n) is 5.52. The Morgan fingerprint density at radius 2 is 1.67 bits per heavy atom. The minimum absolute atomic E-state index is 0.00210. The number of rotatable bonds is 7. The van der Waals surface area contributed by atoms with Crippen molar-refractivity contribution in [2.24, 2.45) is 0 Å². The molecule has 0 radical (unpaired) electrons. The number of benzene rings is 2. The molecule has 2 aromatic carbocycles. The van der Waals surface area contributed by atoms with E-state index in [1.807, 2.05) is 24.3 Å². The molecule has 0 unspecified atom stereocenters. The van der Waals surface area contributed by atoms with Gasteiger partial charge in [0.2, 0.25) is 5.91 Å². The molecule has 0 heterocycles. The van der Waals surface area contributed by atoms with Gasteiger partial charge in [-0.15, -0.1) is 0 Å². The molecule has 0 atom stereocenters. The third-order valence-corrected chi connectivity index (χ3v) is 4.22. The second kappa shape index (κ2) is 9.23. The number of carbonyl (C=O) groups excluding carboxylic acids is 2. The maximum absolute atomic E-state index is 12.3. The van der Waals surface area contributed by atoms with Crippen LogP contribution in [0.15, 0.2) is 53.0 Å². The molecule has 2 N–H and O–H groups in total. The zero-order valence-corrected chi connectivity index (χ0v) is 15.2. The van der Waals surface area contributed by atoms with Crippen molar-refractivity contribution in [3.8, 4) is 0 Å². The molecule has 0 fully saturated rings. The largest absolute Gasteiger partial charge is 0.326 e. The van der Waals surface area contributed by atoms with Gasteiger partial charge in [-0.05, 0) is 52.7 Å². The van der Waals surface area contributed by atoms with Crippen LogP contribution in [0.25, 0.3) is 0 Å². The molecule has 126 valence electrons. The summed E-state index contributed by atoms with van der Waals surface area (Å²) >= 11 is 3.37. The molecular weight excluding hydrogens is 368 g/mol. The molecule has 4 nitrogen and oxygen atoms in total. The lowest BCUT2D eigenvalue weighted by Gasteiger charge is -2.09. The Hall–Kier alpha value is -2.14. The average molecular weight is 389 g/mol. The number of anilines is 2. The van der Waals surface area contributed by atoms with E-state index in [1.54, 1.807) is 24.3 Å². The van der Waals surface area contributed by atoms with Crippen LogP contribution < -0.4 is 10.6 Å². The fourth-order valence-corrected chi connectivity index (χ4v) is 2.74. The zero-order chi connectivity index (χ0) is 17.4. The smallest absolute Gasteiger partial charge is 0.256 e. The van der Waals surface area contributed by atoms with Gasteiger partial charge in [-0.3, -0.25) is 9.59 Å². The van der Waals surface area contributed by atoms with E-state index in [0.717, 1.165) is 23.7 Å². The zero-order valence-electron chi connectivity index (χ0n) is 13.6. The Morgan fingerprint density at radius 1 is 0.958 bits per heavy atom. The molecule has 0 spiro atoms. The van der Waals surface area contributed by atoms with Crippen LogP contribution in [0.4, 0.5) is 11.4 Å². The average Bonchev–Trinajstić information content (AvgIpc) is 2.55. The van der Waals surface area contributed by atoms with Gasteiger partial charge in [0, 0.05) is 22.3 Å². The Bertz CT molecular complexity index is 716. The van der Waals surface area contributed by atoms with Crippen molar-refractivity contribution < 1.29 is 9.59 Å². The van der Waals surface area contributed by atoms with Gasteiger partial charge >= 0.3 is 0 Å². The molecule has 24 heavy (non-hydrogen) atoms. The predicted octanol–water partition coefficient (Wildman–Crippen LogP) is 5.22. The number of hydrogen-bond acceptors (Lipinski definition) is 2. The van der Waals surface area contributed by atoms with Gasteiger partial charge in [-0.1, -0.05) is 38.0 Å². The van der Waals surface area contributed by atoms with Gasteiger partial charge in [-0.25, -0.2) is 0 Å². The van der Waals surface area contributed by atoms with Gasteiger partial charge in [0.05, 0.1) is 5.56 Å². The van der Waals surface area contributed by atoms with Crippen molar-refractivity contribution in [1.29, 1.82) is 0 Å². The minimum atomic E-state index is -0.200. The summed E-state index contributed by atoms with van der Waals surface area (Å²) in [7, 11) is 0. The summed E-state index contributed by atoms with van der Waals surface area (Å²) < 4.78 is 0.739. The molecule has 0 aliphatic rings. The van der Waals surface area contributed by atoms with Crippen LogP contribution in [-0.4, -0.2) is 11.8 Å². The van der Waals surface area contributed by atoms with E-state index in [0.29, 0.717) is 23.4 Å². The summed E-state index contributed by atoms with van der Waals surface area (Å²) in [6.07, 6.45) is 3.54. The lowest BCUT2D eigenvalue weighted by molar-refractivity contribution is -0.116. The Balaban J connectivity index is 1.99. The molecular formula is C19H21BrN2O2. The number of amides is 2. The van der Waals surface area contributed by atoms with E-state index < -0.39 is 0 Å².